The summed E-state index contributed by atoms with van der Waals surface area (Å²) in [5.74, 6) is 1.56. The number of benzene rings is 1. The van der Waals surface area contributed by atoms with Gasteiger partial charge in [-0.2, -0.15) is 0 Å². The van der Waals surface area contributed by atoms with Gasteiger partial charge < -0.3 is 20.5 Å². The van der Waals surface area contributed by atoms with Crippen molar-refractivity contribution in [3.8, 4) is 0 Å². The number of aromatic nitrogens is 1. The Hall–Kier alpha value is -3.26. The number of pyridine rings is 1. The van der Waals surface area contributed by atoms with Crippen molar-refractivity contribution in [1.82, 2.24) is 15.6 Å². The van der Waals surface area contributed by atoms with Crippen molar-refractivity contribution in [3.63, 3.8) is 0 Å². The number of aliphatic hydroxyl groups excluding tert-OH is 1. The van der Waals surface area contributed by atoms with Crippen LogP contribution in [-0.4, -0.2) is 47.6 Å². The second kappa shape index (κ2) is 14.8. The van der Waals surface area contributed by atoms with Crippen LogP contribution in [0.4, 0.5) is 0 Å². The van der Waals surface area contributed by atoms with Crippen LogP contribution in [0.3, 0.4) is 0 Å². The third-order valence-electron chi connectivity index (χ3n) is 16.2. The minimum absolute atomic E-state index is 0.0476. The van der Waals surface area contributed by atoms with Gasteiger partial charge >= 0.3 is 5.97 Å². The Morgan fingerprint density at radius 3 is 2.36 bits per heavy atom. The lowest BCUT2D eigenvalue weighted by Crippen LogP contribution is -2.67. The molecule has 4 saturated carbocycles. The Morgan fingerprint density at radius 1 is 0.887 bits per heavy atom. The molecular formula is C45H65N3O5. The van der Waals surface area contributed by atoms with Gasteiger partial charge in [0.1, 0.15) is 0 Å². The summed E-state index contributed by atoms with van der Waals surface area (Å²) >= 11 is 0. The van der Waals surface area contributed by atoms with Gasteiger partial charge in [-0.1, -0.05) is 67.0 Å². The maximum atomic E-state index is 14.4. The molecule has 6 rings (SSSR count). The Kier molecular flexibility index (Phi) is 11.0. The molecular weight excluding hydrogens is 663 g/mol. The highest BCUT2D eigenvalue weighted by atomic mass is 16.5. The zero-order valence-electron chi connectivity index (χ0n) is 33.6. The van der Waals surface area contributed by atoms with E-state index in [2.05, 4.69) is 64.1 Å². The largest absolute Gasteiger partial charge is 0.465 e. The fraction of sp³-hybridized carbons (Fsp3) is 0.689. The van der Waals surface area contributed by atoms with Crippen molar-refractivity contribution in [2.45, 2.75) is 132 Å². The fourth-order valence-electron chi connectivity index (χ4n) is 13.0. The average Bonchev–Trinajstić information content (AvgIpc) is 3.14. The zero-order valence-corrected chi connectivity index (χ0v) is 33.6. The van der Waals surface area contributed by atoms with Crippen LogP contribution in [0.25, 0.3) is 0 Å². The SMILES string of the molecule is CCCC1(C(=O)NCCc2cccc(C(=O)NCc3ccc(C(=O)OC)cn3)c2)CC[C@]2(C)C(CCC3C4(C)CCC(O)C(C)(C)C4CCC32C)C1C. The number of carbonyl (C=O) groups excluding carboxylic acids is 3. The summed E-state index contributed by atoms with van der Waals surface area (Å²) in [5.41, 5.74) is 2.80. The molecule has 9 atom stereocenters. The zero-order chi connectivity index (χ0) is 38.4. The predicted octanol–water partition coefficient (Wildman–Crippen LogP) is 8.31. The lowest BCUT2D eigenvalue weighted by molar-refractivity contribution is -0.246. The van der Waals surface area contributed by atoms with Gasteiger partial charge in [0.15, 0.2) is 0 Å². The first-order valence-electron chi connectivity index (χ1n) is 20.4. The summed E-state index contributed by atoms with van der Waals surface area (Å²) in [4.78, 5) is 43.4. The standard InChI is InChI=1S/C45H65N3O5/c1-9-20-45(40(52)46-25-19-30-11-10-12-31(26-30)38(50)48-28-33-14-13-32(27-47-33)39(51)53-8)24-23-43(6)34(29(45)2)15-16-36-42(5)21-18-37(49)41(3,4)35(42)17-22-44(36,43)7/h10-14,26-27,29,34-37,49H,9,15-25,28H2,1-8H3,(H,46,52)(H,48,50)/t29?,34?,35?,36?,37?,42?,43-,44?,45?/m1/s1. The first-order chi connectivity index (χ1) is 25.1. The number of aliphatic hydroxyl groups is 1. The average molecular weight is 728 g/mol. The van der Waals surface area contributed by atoms with E-state index in [0.29, 0.717) is 53.5 Å². The highest BCUT2D eigenvalue weighted by Crippen LogP contribution is 2.75. The summed E-state index contributed by atoms with van der Waals surface area (Å²) in [6, 6.07) is 10.9. The second-order valence-electron chi connectivity index (χ2n) is 18.7. The molecule has 8 nitrogen and oxygen atoms in total. The third-order valence-corrected chi connectivity index (χ3v) is 16.2. The molecule has 4 aliphatic carbocycles. The summed E-state index contributed by atoms with van der Waals surface area (Å²) in [6.07, 6.45) is 12.7. The number of nitrogens with one attached hydrogen (secondary N) is 2. The van der Waals surface area contributed by atoms with Crippen LogP contribution in [0.5, 0.6) is 0 Å². The molecule has 8 heteroatoms. The summed E-state index contributed by atoms with van der Waals surface area (Å²) < 4.78 is 4.72. The second-order valence-corrected chi connectivity index (χ2v) is 18.7. The van der Waals surface area contributed by atoms with E-state index in [9.17, 15) is 19.5 Å². The number of nitrogens with zero attached hydrogens (tertiary/aromatic N) is 1. The molecule has 4 aliphatic rings. The predicted molar refractivity (Wildman–Crippen MR) is 208 cm³/mol. The maximum Gasteiger partial charge on any atom is 0.339 e. The van der Waals surface area contributed by atoms with Crippen LogP contribution in [0, 0.1) is 50.7 Å². The fourth-order valence-corrected chi connectivity index (χ4v) is 13.0. The Labute approximate surface area is 318 Å². The third kappa shape index (κ3) is 6.63. The monoisotopic (exact) mass is 727 g/mol. The van der Waals surface area contributed by atoms with E-state index < -0.39 is 5.97 Å². The van der Waals surface area contributed by atoms with Gasteiger partial charge in [-0.05, 0) is 139 Å². The number of rotatable bonds is 10. The van der Waals surface area contributed by atoms with Gasteiger partial charge in [-0.25, -0.2) is 4.79 Å². The van der Waals surface area contributed by atoms with Crippen molar-refractivity contribution < 1.29 is 24.2 Å². The van der Waals surface area contributed by atoms with Crippen molar-refractivity contribution >= 4 is 17.8 Å². The normalized spacial score (nSPS) is 35.9. The molecule has 3 N–H and O–H groups in total. The number of fused-ring (bicyclic) bond motifs is 5. The summed E-state index contributed by atoms with van der Waals surface area (Å²) in [7, 11) is 1.33. The van der Waals surface area contributed by atoms with Gasteiger partial charge in [0.2, 0.25) is 5.91 Å². The van der Waals surface area contributed by atoms with Gasteiger partial charge in [-0.15, -0.1) is 0 Å². The minimum Gasteiger partial charge on any atom is -0.465 e. The summed E-state index contributed by atoms with van der Waals surface area (Å²) in [6.45, 7) is 17.8. The highest BCUT2D eigenvalue weighted by Gasteiger charge is 2.69. The molecule has 8 unspecified atom stereocenters. The molecule has 0 aliphatic heterocycles. The molecule has 1 aromatic carbocycles. The molecule has 2 aromatic rings. The van der Waals surface area contributed by atoms with E-state index in [1.165, 1.54) is 39.0 Å². The summed E-state index contributed by atoms with van der Waals surface area (Å²) in [5, 5.41) is 17.4. The number of carbonyl (C=O) groups is 3. The number of hydrogen-bond donors (Lipinski definition) is 3. The molecule has 290 valence electrons. The van der Waals surface area contributed by atoms with E-state index in [4.69, 9.17) is 4.74 Å². The molecule has 4 fully saturated rings. The lowest BCUT2D eigenvalue weighted by atomic mass is 9.32. The Balaban J connectivity index is 1.09. The molecule has 1 heterocycles. The molecule has 0 radical (unpaired) electrons. The lowest BCUT2D eigenvalue weighted by Gasteiger charge is -2.72. The van der Waals surface area contributed by atoms with Crippen LogP contribution in [-0.2, 0) is 22.5 Å². The van der Waals surface area contributed by atoms with Crippen molar-refractivity contribution in [3.05, 3.63) is 65.0 Å². The van der Waals surface area contributed by atoms with E-state index >= 15 is 0 Å². The number of amides is 2. The van der Waals surface area contributed by atoms with Crippen LogP contribution < -0.4 is 10.6 Å². The Bertz CT molecular complexity index is 1670. The molecule has 2 amide bonds. The van der Waals surface area contributed by atoms with E-state index in [0.717, 1.165) is 44.1 Å². The van der Waals surface area contributed by atoms with E-state index in [-0.39, 0.29) is 51.5 Å². The molecule has 53 heavy (non-hydrogen) atoms. The molecule has 0 saturated heterocycles. The van der Waals surface area contributed by atoms with Crippen LogP contribution in [0.1, 0.15) is 145 Å². The van der Waals surface area contributed by atoms with Crippen molar-refractivity contribution in [2.24, 2.45) is 50.7 Å². The van der Waals surface area contributed by atoms with Crippen LogP contribution >= 0.6 is 0 Å². The first kappa shape index (κ1) is 39.4. The maximum absolute atomic E-state index is 14.4. The van der Waals surface area contributed by atoms with Gasteiger partial charge in [0, 0.05) is 18.3 Å². The number of esters is 1. The first-order valence-corrected chi connectivity index (χ1v) is 20.4. The topological polar surface area (TPSA) is 118 Å². The van der Waals surface area contributed by atoms with Crippen molar-refractivity contribution in [2.75, 3.05) is 13.7 Å². The molecule has 0 bridgehead atoms. The highest BCUT2D eigenvalue weighted by molar-refractivity contribution is 5.94. The number of ether oxygens (including phenoxy) is 1. The minimum atomic E-state index is -0.451. The van der Waals surface area contributed by atoms with Crippen LogP contribution in [0.15, 0.2) is 42.6 Å². The molecule has 1 aromatic heterocycles. The van der Waals surface area contributed by atoms with E-state index in [1.54, 1.807) is 18.2 Å². The van der Waals surface area contributed by atoms with Crippen molar-refractivity contribution in [1.29, 1.82) is 0 Å². The van der Waals surface area contributed by atoms with Gasteiger partial charge in [0.25, 0.3) is 5.91 Å². The smallest absolute Gasteiger partial charge is 0.339 e. The van der Waals surface area contributed by atoms with Crippen LogP contribution in [0.2, 0.25) is 0 Å². The quantitative estimate of drug-likeness (QED) is 0.212. The molecule has 0 spiro atoms. The van der Waals surface area contributed by atoms with Gasteiger partial charge in [-0.3, -0.25) is 14.6 Å². The van der Waals surface area contributed by atoms with Gasteiger partial charge in [0.05, 0.1) is 36.4 Å². The number of methoxy groups -OCH3 is 1. The Morgan fingerprint density at radius 2 is 1.66 bits per heavy atom. The number of hydrogen-bond acceptors (Lipinski definition) is 6. The van der Waals surface area contributed by atoms with E-state index in [1.807, 2.05) is 18.2 Å².